The fourth-order valence-corrected chi connectivity index (χ4v) is 6.22. The lowest BCUT2D eigenvalue weighted by Crippen LogP contribution is -2.42. The van der Waals surface area contributed by atoms with E-state index in [1.807, 2.05) is 27.7 Å². The van der Waals surface area contributed by atoms with Crippen molar-refractivity contribution < 1.29 is 64.1 Å². The highest BCUT2D eigenvalue weighted by molar-refractivity contribution is 8.13. The van der Waals surface area contributed by atoms with Gasteiger partial charge < -0.3 is 33.5 Å². The van der Waals surface area contributed by atoms with Gasteiger partial charge in [0, 0.05) is 34.7 Å². The molecule has 0 unspecified atom stereocenters. The summed E-state index contributed by atoms with van der Waals surface area (Å²) < 4.78 is 80.8. The molecule has 47 heavy (non-hydrogen) atoms. The van der Waals surface area contributed by atoms with E-state index in [4.69, 9.17) is 32.6 Å². The Kier molecular flexibility index (Phi) is 15.3. The average molecular weight is 733 g/mol. The van der Waals surface area contributed by atoms with E-state index in [1.54, 1.807) is 26.0 Å². The SMILES string of the molecule is CCOC(=O)C1=C[C@H]2OC(CC)(CC)O[C@H]2[C@H](O)C1.CCOC(=O)C1=C[C@H]2OC(CC)(CC)O[C@H]2[C@H](OS(C)(=O)=O)C1.CS(=O)(=O)Cl. The molecule has 0 aromatic carbocycles. The van der Waals surface area contributed by atoms with E-state index >= 15 is 0 Å². The van der Waals surface area contributed by atoms with Crippen molar-refractivity contribution in [3.8, 4) is 0 Å². The number of carbonyl (C=O) groups is 2. The third kappa shape index (κ3) is 12.0. The minimum atomic E-state index is -3.69. The van der Waals surface area contributed by atoms with Crippen LogP contribution in [-0.4, -0.2) is 108 Å². The number of carbonyl (C=O) groups excluding carboxylic acids is 2. The number of aliphatic hydroxyl groups is 1. The van der Waals surface area contributed by atoms with Crippen LogP contribution in [0.3, 0.4) is 0 Å². The molecule has 2 saturated heterocycles. The summed E-state index contributed by atoms with van der Waals surface area (Å²) in [6.45, 7) is 11.9. The van der Waals surface area contributed by atoms with Crippen molar-refractivity contribution in [2.75, 3.05) is 25.7 Å². The minimum Gasteiger partial charge on any atom is -0.463 e. The first-order valence-electron chi connectivity index (χ1n) is 15.7. The zero-order chi connectivity index (χ0) is 35.8. The van der Waals surface area contributed by atoms with Gasteiger partial charge in [0.15, 0.2) is 11.6 Å². The van der Waals surface area contributed by atoms with Crippen LogP contribution in [0.15, 0.2) is 23.3 Å². The average Bonchev–Trinajstić information content (AvgIpc) is 3.56. The normalized spacial score (nSPS) is 29.0. The fourth-order valence-electron chi connectivity index (χ4n) is 5.60. The van der Waals surface area contributed by atoms with Gasteiger partial charge in [-0.25, -0.2) is 18.0 Å². The van der Waals surface area contributed by atoms with Gasteiger partial charge in [-0.2, -0.15) is 8.42 Å². The van der Waals surface area contributed by atoms with Crippen LogP contribution < -0.4 is 0 Å². The summed E-state index contributed by atoms with van der Waals surface area (Å²) in [5.41, 5.74) is 0.829. The van der Waals surface area contributed by atoms with Gasteiger partial charge >= 0.3 is 11.9 Å². The molecule has 1 N–H and O–H groups in total. The van der Waals surface area contributed by atoms with E-state index in [2.05, 4.69) is 10.7 Å². The van der Waals surface area contributed by atoms with Crippen molar-refractivity contribution in [2.45, 2.75) is 128 Å². The van der Waals surface area contributed by atoms with E-state index in [0.717, 1.165) is 12.5 Å². The number of ether oxygens (including phenoxy) is 6. The molecule has 0 bridgehead atoms. The topological polar surface area (TPSA) is 187 Å². The molecule has 0 amide bonds. The van der Waals surface area contributed by atoms with Crippen LogP contribution >= 0.6 is 10.7 Å². The molecule has 17 heteroatoms. The molecule has 0 aromatic heterocycles. The molecule has 0 aromatic rings. The number of fused-ring (bicyclic) bond motifs is 2. The van der Waals surface area contributed by atoms with Crippen LogP contribution in [0.25, 0.3) is 0 Å². The maximum Gasteiger partial charge on any atom is 0.333 e. The number of rotatable bonds is 10. The Morgan fingerprint density at radius 3 is 1.53 bits per heavy atom. The highest BCUT2D eigenvalue weighted by Gasteiger charge is 2.52. The number of hydrogen-bond acceptors (Lipinski definition) is 14. The predicted octanol–water partition coefficient (Wildman–Crippen LogP) is 3.25. The van der Waals surface area contributed by atoms with Gasteiger partial charge in [-0.05, 0) is 51.7 Å². The van der Waals surface area contributed by atoms with Gasteiger partial charge in [-0.15, -0.1) is 0 Å². The maximum atomic E-state index is 12.0. The van der Waals surface area contributed by atoms with Gasteiger partial charge in [-0.3, -0.25) is 4.18 Å². The smallest absolute Gasteiger partial charge is 0.333 e. The van der Waals surface area contributed by atoms with Crippen LogP contribution in [0, 0.1) is 0 Å². The van der Waals surface area contributed by atoms with E-state index in [9.17, 15) is 31.5 Å². The molecule has 0 spiro atoms. The summed E-state index contributed by atoms with van der Waals surface area (Å²) in [6.07, 6.45) is 4.94. The van der Waals surface area contributed by atoms with Crippen molar-refractivity contribution in [3.63, 3.8) is 0 Å². The van der Waals surface area contributed by atoms with Crippen molar-refractivity contribution >= 4 is 41.8 Å². The third-order valence-corrected chi connectivity index (χ3v) is 8.50. The van der Waals surface area contributed by atoms with Gasteiger partial charge in [0.25, 0.3) is 10.1 Å². The third-order valence-electron chi connectivity index (χ3n) is 7.91. The maximum absolute atomic E-state index is 12.0. The molecule has 272 valence electrons. The highest BCUT2D eigenvalue weighted by atomic mass is 35.7. The van der Waals surface area contributed by atoms with E-state index in [1.165, 1.54) is 0 Å². The lowest BCUT2D eigenvalue weighted by Gasteiger charge is -2.29. The Hall–Kier alpha value is -1.63. The fraction of sp³-hybridized carbons (Fsp3) is 0.800. The summed E-state index contributed by atoms with van der Waals surface area (Å²) in [6, 6.07) is 0. The van der Waals surface area contributed by atoms with Crippen molar-refractivity contribution in [3.05, 3.63) is 23.3 Å². The summed E-state index contributed by atoms with van der Waals surface area (Å²) in [5, 5.41) is 10.1. The predicted molar refractivity (Wildman–Crippen MR) is 171 cm³/mol. The molecule has 4 aliphatic rings. The molecular weight excluding hydrogens is 684 g/mol. The molecule has 14 nitrogen and oxygen atoms in total. The molecule has 4 rings (SSSR count). The molecule has 0 saturated carbocycles. The van der Waals surface area contributed by atoms with E-state index in [0.29, 0.717) is 43.4 Å². The van der Waals surface area contributed by atoms with Gasteiger partial charge in [0.1, 0.15) is 30.5 Å². The molecular formula is C30H49ClO14S2. The van der Waals surface area contributed by atoms with Crippen LogP contribution in [0.4, 0.5) is 0 Å². The highest BCUT2D eigenvalue weighted by Crippen LogP contribution is 2.42. The van der Waals surface area contributed by atoms with Crippen LogP contribution in [0.2, 0.25) is 0 Å². The lowest BCUT2D eigenvalue weighted by atomic mass is 9.92. The number of aliphatic hydroxyl groups excluding tert-OH is 1. The van der Waals surface area contributed by atoms with Crippen molar-refractivity contribution in [1.82, 2.24) is 0 Å². The van der Waals surface area contributed by atoms with Crippen molar-refractivity contribution in [1.29, 1.82) is 0 Å². The summed E-state index contributed by atoms with van der Waals surface area (Å²) in [5.74, 6) is -2.29. The Balaban J connectivity index is 0.000000290. The second-order valence-corrected chi connectivity index (χ2v) is 16.0. The summed E-state index contributed by atoms with van der Waals surface area (Å²) in [4.78, 5) is 23.7. The quantitative estimate of drug-likeness (QED) is 0.196. The summed E-state index contributed by atoms with van der Waals surface area (Å²) in [7, 11) is -2.38. The lowest BCUT2D eigenvalue weighted by molar-refractivity contribution is -0.183. The second kappa shape index (κ2) is 17.3. The minimum absolute atomic E-state index is 0.111. The molecule has 0 radical (unpaired) electrons. The molecule has 2 aliphatic heterocycles. The molecule has 6 atom stereocenters. The summed E-state index contributed by atoms with van der Waals surface area (Å²) >= 11 is 0. The second-order valence-electron chi connectivity index (χ2n) is 11.4. The molecule has 2 heterocycles. The van der Waals surface area contributed by atoms with Crippen LogP contribution in [0.1, 0.15) is 80.1 Å². The standard InChI is InChI=1S/C15H24O7S.C14H22O5.CH3ClO2S/c1-5-15(6-2)20-11-8-10(14(16)19-7-3)9-12(13(11)21-15)22-23(4,17)18;1-4-14(5-2)18-11-8-9(13(16)17-6-3)7-10(15)12(11)19-14;1-5(2,3)4/h8,11-13H,5-7,9H2,1-4H3;8,10-12,15H,4-7H2,1-3H3;1H3/t11-,12-,13-;10-,11-,12+;/m11./s1. The molecule has 2 fully saturated rings. The Labute approximate surface area is 282 Å². The van der Waals surface area contributed by atoms with Crippen LogP contribution in [-0.2, 0) is 61.4 Å². The molecule has 2 aliphatic carbocycles. The number of esters is 2. The first kappa shape index (κ1) is 41.5. The first-order valence-corrected chi connectivity index (χ1v) is 20.2. The zero-order valence-electron chi connectivity index (χ0n) is 28.2. The Morgan fingerprint density at radius 1 is 0.766 bits per heavy atom. The van der Waals surface area contributed by atoms with Crippen LogP contribution in [0.5, 0.6) is 0 Å². The van der Waals surface area contributed by atoms with Gasteiger partial charge in [0.2, 0.25) is 9.05 Å². The number of hydrogen-bond donors (Lipinski definition) is 1. The van der Waals surface area contributed by atoms with E-state index in [-0.39, 0.29) is 31.5 Å². The first-order chi connectivity index (χ1) is 21.8. The van der Waals surface area contributed by atoms with E-state index < -0.39 is 67.2 Å². The van der Waals surface area contributed by atoms with Gasteiger partial charge in [0.05, 0.1) is 31.8 Å². The zero-order valence-corrected chi connectivity index (χ0v) is 30.6. The number of halogens is 1. The Bertz CT molecular complexity index is 1340. The monoisotopic (exact) mass is 732 g/mol. The van der Waals surface area contributed by atoms with Crippen molar-refractivity contribution in [2.24, 2.45) is 0 Å². The van der Waals surface area contributed by atoms with Gasteiger partial charge in [-0.1, -0.05) is 27.7 Å². The largest absolute Gasteiger partial charge is 0.463 e. The Morgan fingerprint density at radius 2 is 1.15 bits per heavy atom.